The van der Waals surface area contributed by atoms with Gasteiger partial charge in [-0.05, 0) is 30.7 Å². The van der Waals surface area contributed by atoms with E-state index in [4.69, 9.17) is 9.84 Å². The molecule has 0 fully saturated rings. The highest BCUT2D eigenvalue weighted by Crippen LogP contribution is 2.17. The molecule has 0 aromatic heterocycles. The first-order valence-corrected chi connectivity index (χ1v) is 6.95. The quantitative estimate of drug-likeness (QED) is 0.316. The van der Waals surface area contributed by atoms with Gasteiger partial charge in [-0.25, -0.2) is 4.79 Å². The third-order valence-corrected chi connectivity index (χ3v) is 2.90. The van der Waals surface area contributed by atoms with Gasteiger partial charge in [0, 0.05) is 11.6 Å². The SMILES string of the molecule is CCCCCCOc1ccc(/C(O)=C/C(=O)C(=O)O)cc1. The molecule has 1 aromatic rings. The summed E-state index contributed by atoms with van der Waals surface area (Å²) in [7, 11) is 0. The average molecular weight is 292 g/mol. The fourth-order valence-corrected chi connectivity index (χ4v) is 1.71. The van der Waals surface area contributed by atoms with Crippen LogP contribution in [0.1, 0.15) is 38.2 Å². The van der Waals surface area contributed by atoms with E-state index in [9.17, 15) is 14.7 Å². The van der Waals surface area contributed by atoms with Crippen molar-refractivity contribution < 1.29 is 24.5 Å². The number of hydrogen-bond donors (Lipinski definition) is 2. The van der Waals surface area contributed by atoms with Crippen molar-refractivity contribution in [1.82, 2.24) is 0 Å². The largest absolute Gasteiger partial charge is 0.507 e. The van der Waals surface area contributed by atoms with E-state index in [1.807, 2.05) is 0 Å². The van der Waals surface area contributed by atoms with Gasteiger partial charge in [-0.3, -0.25) is 4.79 Å². The lowest BCUT2D eigenvalue weighted by atomic mass is 10.1. The van der Waals surface area contributed by atoms with Crippen LogP contribution in [-0.2, 0) is 9.59 Å². The molecule has 114 valence electrons. The van der Waals surface area contributed by atoms with Gasteiger partial charge in [0.25, 0.3) is 5.78 Å². The minimum absolute atomic E-state index is 0.364. The van der Waals surface area contributed by atoms with Crippen molar-refractivity contribution in [1.29, 1.82) is 0 Å². The highest BCUT2D eigenvalue weighted by atomic mass is 16.5. The average Bonchev–Trinajstić information content (AvgIpc) is 2.47. The topological polar surface area (TPSA) is 83.8 Å². The van der Waals surface area contributed by atoms with Crippen LogP contribution in [-0.4, -0.2) is 28.6 Å². The van der Waals surface area contributed by atoms with Crippen LogP contribution in [0.15, 0.2) is 30.3 Å². The Bertz CT molecular complexity index is 502. The minimum Gasteiger partial charge on any atom is -0.507 e. The van der Waals surface area contributed by atoms with E-state index in [1.165, 1.54) is 12.8 Å². The first kappa shape index (κ1) is 16.8. The maximum absolute atomic E-state index is 11.0. The standard InChI is InChI=1S/C16H20O5/c1-2-3-4-5-10-21-13-8-6-12(7-9-13)14(17)11-15(18)16(19)20/h6-9,11,17H,2-5,10H2,1H3,(H,19,20)/b14-11-. The normalized spacial score (nSPS) is 11.2. The van der Waals surface area contributed by atoms with Gasteiger partial charge in [0.05, 0.1) is 6.61 Å². The molecule has 2 N–H and O–H groups in total. The summed E-state index contributed by atoms with van der Waals surface area (Å²) < 4.78 is 5.54. The second-order valence-corrected chi connectivity index (χ2v) is 4.63. The van der Waals surface area contributed by atoms with Crippen LogP contribution in [0.5, 0.6) is 5.75 Å². The molecule has 0 heterocycles. The molecule has 0 saturated heterocycles. The van der Waals surface area contributed by atoms with Crippen molar-refractivity contribution in [2.24, 2.45) is 0 Å². The number of carbonyl (C=O) groups is 2. The predicted molar refractivity (Wildman–Crippen MR) is 79.3 cm³/mol. The summed E-state index contributed by atoms with van der Waals surface area (Å²) in [6.07, 6.45) is 5.18. The lowest BCUT2D eigenvalue weighted by molar-refractivity contribution is -0.146. The van der Waals surface area contributed by atoms with Crippen LogP contribution in [0.4, 0.5) is 0 Å². The number of hydrogen-bond acceptors (Lipinski definition) is 4. The summed E-state index contributed by atoms with van der Waals surface area (Å²) in [5.41, 5.74) is 0.364. The van der Waals surface area contributed by atoms with Crippen molar-refractivity contribution in [2.75, 3.05) is 6.61 Å². The summed E-state index contributed by atoms with van der Waals surface area (Å²) in [4.78, 5) is 21.3. The zero-order valence-corrected chi connectivity index (χ0v) is 12.0. The van der Waals surface area contributed by atoms with E-state index in [0.717, 1.165) is 12.8 Å². The van der Waals surface area contributed by atoms with Gasteiger partial charge in [-0.2, -0.15) is 0 Å². The number of aliphatic hydroxyl groups excluding tert-OH is 1. The smallest absolute Gasteiger partial charge is 0.376 e. The molecule has 5 nitrogen and oxygen atoms in total. The monoisotopic (exact) mass is 292 g/mol. The molecule has 0 saturated carbocycles. The van der Waals surface area contributed by atoms with Crippen molar-refractivity contribution in [2.45, 2.75) is 32.6 Å². The van der Waals surface area contributed by atoms with Crippen molar-refractivity contribution in [3.05, 3.63) is 35.9 Å². The summed E-state index contributed by atoms with van der Waals surface area (Å²) in [6.45, 7) is 2.79. The Morgan fingerprint density at radius 3 is 2.33 bits per heavy atom. The maximum Gasteiger partial charge on any atom is 0.376 e. The molecular weight excluding hydrogens is 272 g/mol. The van der Waals surface area contributed by atoms with E-state index in [0.29, 0.717) is 24.0 Å². The number of ketones is 1. The Morgan fingerprint density at radius 1 is 1.10 bits per heavy atom. The molecule has 0 aliphatic carbocycles. The first-order chi connectivity index (χ1) is 10.0. The Morgan fingerprint density at radius 2 is 1.76 bits per heavy atom. The summed E-state index contributed by atoms with van der Waals surface area (Å²) in [6, 6.07) is 6.49. The number of carboxylic acid groups (broad SMARTS) is 1. The van der Waals surface area contributed by atoms with Crippen LogP contribution < -0.4 is 4.74 Å². The molecule has 0 aliphatic rings. The van der Waals surface area contributed by atoms with E-state index in [1.54, 1.807) is 24.3 Å². The van der Waals surface area contributed by atoms with E-state index >= 15 is 0 Å². The Balaban J connectivity index is 2.53. The lowest BCUT2D eigenvalue weighted by Gasteiger charge is -2.07. The molecule has 0 radical (unpaired) electrons. The van der Waals surface area contributed by atoms with Crippen molar-refractivity contribution in [3.8, 4) is 5.75 Å². The number of benzene rings is 1. The van der Waals surface area contributed by atoms with Gasteiger partial charge in [0.2, 0.25) is 0 Å². The Hall–Kier alpha value is -2.30. The number of rotatable bonds is 9. The third-order valence-electron chi connectivity index (χ3n) is 2.90. The van der Waals surface area contributed by atoms with Crippen molar-refractivity contribution >= 4 is 17.5 Å². The molecule has 5 heteroatoms. The predicted octanol–water partition coefficient (Wildman–Crippen LogP) is 3.20. The molecule has 0 amide bonds. The second kappa shape index (κ2) is 8.79. The number of carboxylic acids is 1. The lowest BCUT2D eigenvalue weighted by Crippen LogP contribution is -2.09. The Labute approximate surface area is 123 Å². The first-order valence-electron chi connectivity index (χ1n) is 6.95. The van der Waals surface area contributed by atoms with Gasteiger partial charge >= 0.3 is 5.97 Å². The Kier molecular flexibility index (Phi) is 7.01. The third kappa shape index (κ3) is 6.12. The molecular formula is C16H20O5. The number of unbranched alkanes of at least 4 members (excludes halogenated alkanes) is 3. The maximum atomic E-state index is 11.0. The summed E-state index contributed by atoms with van der Waals surface area (Å²) in [5, 5.41) is 18.1. The fourth-order valence-electron chi connectivity index (χ4n) is 1.71. The highest BCUT2D eigenvalue weighted by molar-refractivity contribution is 6.38. The summed E-state index contributed by atoms with van der Waals surface area (Å²) in [5.74, 6) is -2.47. The van der Waals surface area contributed by atoms with Crippen LogP contribution >= 0.6 is 0 Å². The minimum atomic E-state index is -1.60. The molecule has 0 atom stereocenters. The zero-order chi connectivity index (χ0) is 15.7. The van der Waals surface area contributed by atoms with Gasteiger partial charge < -0.3 is 14.9 Å². The van der Waals surface area contributed by atoms with Gasteiger partial charge in [0.1, 0.15) is 11.5 Å². The van der Waals surface area contributed by atoms with Gasteiger partial charge in [0.15, 0.2) is 0 Å². The molecule has 1 rings (SSSR count). The molecule has 0 aliphatic heterocycles. The summed E-state index contributed by atoms with van der Waals surface area (Å²) >= 11 is 0. The number of carbonyl (C=O) groups excluding carboxylic acids is 1. The molecule has 1 aromatic carbocycles. The fraction of sp³-hybridized carbons (Fsp3) is 0.375. The molecule has 0 spiro atoms. The van der Waals surface area contributed by atoms with Crippen LogP contribution in [0.3, 0.4) is 0 Å². The van der Waals surface area contributed by atoms with E-state index in [-0.39, 0.29) is 5.76 Å². The van der Waals surface area contributed by atoms with Crippen molar-refractivity contribution in [3.63, 3.8) is 0 Å². The van der Waals surface area contributed by atoms with Crippen LogP contribution in [0.25, 0.3) is 5.76 Å². The van der Waals surface area contributed by atoms with Crippen LogP contribution in [0, 0.1) is 0 Å². The number of aliphatic carboxylic acids is 1. The zero-order valence-electron chi connectivity index (χ0n) is 12.0. The highest BCUT2D eigenvalue weighted by Gasteiger charge is 2.10. The number of aliphatic hydroxyl groups is 1. The van der Waals surface area contributed by atoms with E-state index < -0.39 is 11.8 Å². The molecule has 0 bridgehead atoms. The number of ether oxygens (including phenoxy) is 1. The molecule has 0 unspecified atom stereocenters. The molecule has 21 heavy (non-hydrogen) atoms. The van der Waals surface area contributed by atoms with Crippen LogP contribution in [0.2, 0.25) is 0 Å². The van der Waals surface area contributed by atoms with Gasteiger partial charge in [-0.1, -0.05) is 26.2 Å². The van der Waals surface area contributed by atoms with E-state index in [2.05, 4.69) is 6.92 Å². The van der Waals surface area contributed by atoms with Gasteiger partial charge in [-0.15, -0.1) is 0 Å². The second-order valence-electron chi connectivity index (χ2n) is 4.63.